The molecule has 0 aliphatic carbocycles. The van der Waals surface area contributed by atoms with Gasteiger partial charge in [0.1, 0.15) is 0 Å². The van der Waals surface area contributed by atoms with Crippen molar-refractivity contribution >= 4 is 27.5 Å². The molecule has 0 bridgehead atoms. The molecule has 0 N–H and O–H groups in total. The van der Waals surface area contributed by atoms with Crippen LogP contribution >= 0.6 is 11.6 Å². The van der Waals surface area contributed by atoms with Gasteiger partial charge in [0.2, 0.25) is 15.9 Å². The summed E-state index contributed by atoms with van der Waals surface area (Å²) >= 11 is 5.97. The maximum atomic E-state index is 13.3. The minimum Gasteiger partial charge on any atom is -0.341 e. The van der Waals surface area contributed by atoms with Crippen LogP contribution in [0.15, 0.2) is 53.4 Å². The molecule has 1 fully saturated rings. The van der Waals surface area contributed by atoms with Crippen LogP contribution in [0.5, 0.6) is 0 Å². The zero-order valence-corrected chi connectivity index (χ0v) is 18.3. The van der Waals surface area contributed by atoms with Gasteiger partial charge < -0.3 is 4.90 Å². The van der Waals surface area contributed by atoms with Crippen LogP contribution in [0.4, 0.5) is 13.2 Å². The van der Waals surface area contributed by atoms with Gasteiger partial charge in [-0.25, -0.2) is 8.42 Å². The number of rotatable bonds is 5. The van der Waals surface area contributed by atoms with Gasteiger partial charge in [0.05, 0.1) is 10.5 Å². The molecule has 1 aliphatic rings. The van der Waals surface area contributed by atoms with Gasteiger partial charge in [0.15, 0.2) is 0 Å². The molecule has 5 nitrogen and oxygen atoms in total. The highest BCUT2D eigenvalue weighted by Crippen LogP contribution is 2.36. The van der Waals surface area contributed by atoms with Crippen LogP contribution in [0.25, 0.3) is 0 Å². The van der Waals surface area contributed by atoms with Crippen LogP contribution in [-0.2, 0) is 27.5 Å². The first-order valence-corrected chi connectivity index (χ1v) is 11.5. The predicted octanol–water partition coefficient (Wildman–Crippen LogP) is 4.42. The quantitative estimate of drug-likeness (QED) is 0.644. The van der Waals surface area contributed by atoms with E-state index in [9.17, 15) is 26.4 Å². The normalized spacial score (nSPS) is 16.3. The van der Waals surface area contributed by atoms with Gasteiger partial charge in [-0.15, -0.1) is 0 Å². The molecule has 1 saturated heterocycles. The van der Waals surface area contributed by atoms with Gasteiger partial charge in [-0.05, 0) is 42.7 Å². The average Bonchev–Trinajstić information content (AvgIpc) is 2.72. The van der Waals surface area contributed by atoms with Gasteiger partial charge in [-0.1, -0.05) is 35.9 Å². The molecule has 0 aromatic heterocycles. The monoisotopic (exact) mass is 474 g/mol. The number of carbonyl (C=O) groups excluding carboxylic acids is 1. The van der Waals surface area contributed by atoms with E-state index in [1.54, 1.807) is 30.1 Å². The van der Waals surface area contributed by atoms with E-state index in [0.29, 0.717) is 11.6 Å². The number of amides is 1. The van der Waals surface area contributed by atoms with Crippen molar-refractivity contribution in [2.45, 2.75) is 30.5 Å². The summed E-state index contributed by atoms with van der Waals surface area (Å²) in [5, 5.41) is 0.566. The van der Waals surface area contributed by atoms with Gasteiger partial charge >= 0.3 is 6.18 Å². The molecule has 0 radical (unpaired) electrons. The summed E-state index contributed by atoms with van der Waals surface area (Å²) in [4.78, 5) is 13.6. The Morgan fingerprint density at radius 2 is 1.77 bits per heavy atom. The molecule has 0 spiro atoms. The second kappa shape index (κ2) is 9.18. The van der Waals surface area contributed by atoms with Gasteiger partial charge in [0.25, 0.3) is 0 Å². The summed E-state index contributed by atoms with van der Waals surface area (Å²) in [7, 11) is -2.67. The zero-order valence-electron chi connectivity index (χ0n) is 16.8. The molecule has 0 unspecified atom stereocenters. The molecule has 10 heteroatoms. The molecule has 2 aromatic rings. The third-order valence-corrected chi connectivity index (χ3v) is 7.49. The predicted molar refractivity (Wildman–Crippen MR) is 111 cm³/mol. The topological polar surface area (TPSA) is 57.7 Å². The highest BCUT2D eigenvalue weighted by molar-refractivity contribution is 7.89. The number of piperidine rings is 1. The lowest BCUT2D eigenvalue weighted by Gasteiger charge is -2.33. The van der Waals surface area contributed by atoms with Crippen molar-refractivity contribution < 1.29 is 26.4 Å². The van der Waals surface area contributed by atoms with E-state index in [0.717, 1.165) is 28.1 Å². The summed E-state index contributed by atoms with van der Waals surface area (Å²) in [6, 6.07) is 11.3. The van der Waals surface area contributed by atoms with E-state index in [-0.39, 0.29) is 31.8 Å². The lowest BCUT2D eigenvalue weighted by Crippen LogP contribution is -2.43. The van der Waals surface area contributed by atoms with Crippen molar-refractivity contribution in [1.29, 1.82) is 0 Å². The van der Waals surface area contributed by atoms with E-state index in [1.807, 2.05) is 6.07 Å². The Labute approximate surface area is 184 Å². The number of hydrogen-bond acceptors (Lipinski definition) is 3. The summed E-state index contributed by atoms with van der Waals surface area (Å²) in [6.45, 7) is 0.322. The smallest absolute Gasteiger partial charge is 0.341 e. The fourth-order valence-electron chi connectivity index (χ4n) is 3.71. The number of sulfonamides is 1. The lowest BCUT2D eigenvalue weighted by atomic mass is 9.96. The van der Waals surface area contributed by atoms with Crippen LogP contribution in [0.1, 0.15) is 24.0 Å². The molecule has 168 valence electrons. The fourth-order valence-corrected chi connectivity index (χ4v) is 5.60. The van der Waals surface area contributed by atoms with E-state index in [2.05, 4.69) is 0 Å². The molecule has 1 amide bonds. The van der Waals surface area contributed by atoms with Gasteiger partial charge in [-0.3, -0.25) is 4.79 Å². The molecular weight excluding hydrogens is 453 g/mol. The summed E-state index contributed by atoms with van der Waals surface area (Å²) in [5.41, 5.74) is -0.318. The Hall–Kier alpha value is -2.10. The molecule has 1 heterocycles. The summed E-state index contributed by atoms with van der Waals surface area (Å²) < 4.78 is 66.5. The van der Waals surface area contributed by atoms with Crippen molar-refractivity contribution in [1.82, 2.24) is 9.21 Å². The minimum absolute atomic E-state index is 0.0179. The van der Waals surface area contributed by atoms with Crippen LogP contribution < -0.4 is 0 Å². The molecular formula is C21H22ClF3N2O3S. The second-order valence-corrected chi connectivity index (χ2v) is 9.84. The largest absolute Gasteiger partial charge is 0.417 e. The van der Waals surface area contributed by atoms with E-state index >= 15 is 0 Å². The Morgan fingerprint density at radius 3 is 2.39 bits per heavy atom. The standard InChI is InChI=1S/C21H22ClF3N2O3S/c1-26(14-15-5-4-6-17(22)13-15)20(28)16-9-11-27(12-10-16)31(29,30)19-8-3-2-7-18(19)21(23,24)25/h2-8,13,16H,9-12,14H2,1H3. The maximum absolute atomic E-state index is 13.3. The van der Waals surface area contributed by atoms with Crippen molar-refractivity contribution in [3.8, 4) is 0 Å². The molecule has 31 heavy (non-hydrogen) atoms. The fraction of sp³-hybridized carbons (Fsp3) is 0.381. The van der Waals surface area contributed by atoms with Crippen LogP contribution in [0, 0.1) is 5.92 Å². The van der Waals surface area contributed by atoms with E-state index < -0.39 is 32.6 Å². The highest BCUT2D eigenvalue weighted by Gasteiger charge is 2.40. The number of hydrogen-bond donors (Lipinski definition) is 0. The Morgan fingerprint density at radius 1 is 1.13 bits per heavy atom. The average molecular weight is 475 g/mol. The molecule has 2 aromatic carbocycles. The van der Waals surface area contributed by atoms with Crippen LogP contribution in [-0.4, -0.2) is 43.7 Å². The second-order valence-electron chi connectivity index (χ2n) is 7.50. The summed E-state index contributed by atoms with van der Waals surface area (Å²) in [6.07, 6.45) is -4.29. The number of alkyl halides is 3. The van der Waals surface area contributed by atoms with Crippen molar-refractivity contribution in [2.75, 3.05) is 20.1 Å². The van der Waals surface area contributed by atoms with E-state index in [4.69, 9.17) is 11.6 Å². The highest BCUT2D eigenvalue weighted by atomic mass is 35.5. The SMILES string of the molecule is CN(Cc1cccc(Cl)c1)C(=O)C1CCN(S(=O)(=O)c2ccccc2C(F)(F)F)CC1. The third-order valence-electron chi connectivity index (χ3n) is 5.30. The summed E-state index contributed by atoms with van der Waals surface area (Å²) in [5.74, 6) is -0.527. The molecule has 3 rings (SSSR count). The lowest BCUT2D eigenvalue weighted by molar-refractivity contribution is -0.140. The first-order valence-electron chi connectivity index (χ1n) is 9.66. The van der Waals surface area contributed by atoms with Gasteiger partial charge in [0, 0.05) is 37.6 Å². The van der Waals surface area contributed by atoms with E-state index in [1.165, 1.54) is 6.07 Å². The Bertz CT molecular complexity index is 1050. The third kappa shape index (κ3) is 5.39. The molecule has 0 saturated carbocycles. The van der Waals surface area contributed by atoms with Crippen LogP contribution in [0.2, 0.25) is 5.02 Å². The maximum Gasteiger partial charge on any atom is 0.417 e. The Kier molecular flexibility index (Phi) is 6.98. The van der Waals surface area contributed by atoms with Gasteiger partial charge in [-0.2, -0.15) is 17.5 Å². The first kappa shape index (κ1) is 23.6. The number of nitrogens with zero attached hydrogens (tertiary/aromatic N) is 2. The van der Waals surface area contributed by atoms with Crippen molar-refractivity contribution in [3.05, 3.63) is 64.7 Å². The molecule has 1 aliphatic heterocycles. The minimum atomic E-state index is -4.78. The Balaban J connectivity index is 1.67. The number of carbonyl (C=O) groups is 1. The molecule has 0 atom stereocenters. The number of halogens is 4. The first-order chi connectivity index (χ1) is 14.5. The zero-order chi connectivity index (χ0) is 22.8. The van der Waals surface area contributed by atoms with Crippen molar-refractivity contribution in [2.24, 2.45) is 5.92 Å². The van der Waals surface area contributed by atoms with Crippen LogP contribution in [0.3, 0.4) is 0 Å². The van der Waals surface area contributed by atoms with Crippen molar-refractivity contribution in [3.63, 3.8) is 0 Å². The number of benzene rings is 2.